The van der Waals surface area contributed by atoms with Gasteiger partial charge in [-0.1, -0.05) is 13.8 Å². The van der Waals surface area contributed by atoms with Gasteiger partial charge >= 0.3 is 6.03 Å². The van der Waals surface area contributed by atoms with E-state index >= 15 is 0 Å². The summed E-state index contributed by atoms with van der Waals surface area (Å²) in [5, 5.41) is 5.46. The SMILES string of the molecule is COc1ccc(N2CCCS2(=O)=O)cc1NC(=O)NCC(C)C. The van der Waals surface area contributed by atoms with Crippen LogP contribution in [0.25, 0.3) is 0 Å². The molecule has 1 fully saturated rings. The molecule has 7 nitrogen and oxygen atoms in total. The Morgan fingerprint density at radius 2 is 2.13 bits per heavy atom. The first-order chi connectivity index (χ1) is 10.8. The quantitative estimate of drug-likeness (QED) is 0.857. The van der Waals surface area contributed by atoms with Crippen molar-refractivity contribution in [1.82, 2.24) is 5.32 Å². The molecule has 0 unspecified atom stereocenters. The van der Waals surface area contributed by atoms with Gasteiger partial charge in [0.05, 0.1) is 24.2 Å². The number of methoxy groups -OCH3 is 1. The second-order valence-electron chi connectivity index (χ2n) is 5.86. The lowest BCUT2D eigenvalue weighted by atomic mass is 10.2. The summed E-state index contributed by atoms with van der Waals surface area (Å²) in [6.07, 6.45) is 0.603. The number of nitrogens with zero attached hydrogens (tertiary/aromatic N) is 1. The Morgan fingerprint density at radius 1 is 1.39 bits per heavy atom. The highest BCUT2D eigenvalue weighted by Gasteiger charge is 2.29. The summed E-state index contributed by atoms with van der Waals surface area (Å²) < 4.78 is 30.6. The zero-order valence-electron chi connectivity index (χ0n) is 13.6. The summed E-state index contributed by atoms with van der Waals surface area (Å²) in [6.45, 7) is 5.00. The monoisotopic (exact) mass is 341 g/mol. The minimum Gasteiger partial charge on any atom is -0.495 e. The van der Waals surface area contributed by atoms with Gasteiger partial charge in [0.25, 0.3) is 0 Å². The maximum atomic E-state index is 12.0. The van der Waals surface area contributed by atoms with E-state index in [-0.39, 0.29) is 11.8 Å². The lowest BCUT2D eigenvalue weighted by molar-refractivity contribution is 0.250. The highest BCUT2D eigenvalue weighted by molar-refractivity contribution is 7.93. The van der Waals surface area contributed by atoms with Gasteiger partial charge in [0.2, 0.25) is 10.0 Å². The van der Waals surface area contributed by atoms with Crippen LogP contribution in [0, 0.1) is 5.92 Å². The van der Waals surface area contributed by atoms with E-state index in [1.54, 1.807) is 18.2 Å². The molecule has 0 spiro atoms. The van der Waals surface area contributed by atoms with Crippen LogP contribution in [0.2, 0.25) is 0 Å². The number of hydrogen-bond donors (Lipinski definition) is 2. The molecule has 2 rings (SSSR count). The van der Waals surface area contributed by atoms with Crippen LogP contribution in [0.1, 0.15) is 20.3 Å². The molecule has 2 amide bonds. The molecule has 0 radical (unpaired) electrons. The molecule has 2 N–H and O–H groups in total. The van der Waals surface area contributed by atoms with E-state index in [1.807, 2.05) is 13.8 Å². The summed E-state index contributed by atoms with van der Waals surface area (Å²) >= 11 is 0. The maximum absolute atomic E-state index is 12.0. The third-order valence-electron chi connectivity index (χ3n) is 3.49. The fraction of sp³-hybridized carbons (Fsp3) is 0.533. The molecule has 23 heavy (non-hydrogen) atoms. The van der Waals surface area contributed by atoms with E-state index in [2.05, 4.69) is 10.6 Å². The van der Waals surface area contributed by atoms with Crippen molar-refractivity contribution in [3.63, 3.8) is 0 Å². The number of hydrogen-bond acceptors (Lipinski definition) is 4. The molecule has 1 aliphatic rings. The predicted octanol–water partition coefficient (Wildman–Crippen LogP) is 2.01. The van der Waals surface area contributed by atoms with Crippen molar-refractivity contribution in [2.24, 2.45) is 5.92 Å². The van der Waals surface area contributed by atoms with Crippen molar-refractivity contribution in [2.45, 2.75) is 20.3 Å². The zero-order chi connectivity index (χ0) is 17.0. The first-order valence-electron chi connectivity index (χ1n) is 7.57. The molecule has 1 aromatic carbocycles. The van der Waals surface area contributed by atoms with Crippen LogP contribution in [0.4, 0.5) is 16.2 Å². The van der Waals surface area contributed by atoms with Crippen molar-refractivity contribution in [3.8, 4) is 5.75 Å². The standard InChI is InChI=1S/C15H23N3O4S/c1-11(2)10-16-15(19)17-13-9-12(5-6-14(13)22-3)18-7-4-8-23(18,20)21/h5-6,9,11H,4,7-8,10H2,1-3H3,(H2,16,17,19). The van der Waals surface area contributed by atoms with Gasteiger partial charge < -0.3 is 15.4 Å². The summed E-state index contributed by atoms with van der Waals surface area (Å²) in [7, 11) is -1.76. The lowest BCUT2D eigenvalue weighted by Crippen LogP contribution is -2.32. The number of carbonyl (C=O) groups excluding carboxylic acids is 1. The summed E-state index contributed by atoms with van der Waals surface area (Å²) in [4.78, 5) is 11.9. The number of ether oxygens (including phenoxy) is 1. The Hall–Kier alpha value is -1.96. The zero-order valence-corrected chi connectivity index (χ0v) is 14.4. The number of benzene rings is 1. The van der Waals surface area contributed by atoms with Gasteiger partial charge in [-0.15, -0.1) is 0 Å². The summed E-state index contributed by atoms with van der Waals surface area (Å²) in [6, 6.07) is 4.61. The van der Waals surface area contributed by atoms with Crippen LogP contribution in [-0.4, -0.2) is 40.4 Å². The highest BCUT2D eigenvalue weighted by atomic mass is 32.2. The van der Waals surface area contributed by atoms with Crippen molar-refractivity contribution >= 4 is 27.4 Å². The summed E-state index contributed by atoms with van der Waals surface area (Å²) in [5.41, 5.74) is 0.968. The van der Waals surface area contributed by atoms with Crippen molar-refractivity contribution in [3.05, 3.63) is 18.2 Å². The minimum atomic E-state index is -3.26. The Morgan fingerprint density at radius 3 is 2.70 bits per heavy atom. The molecule has 0 aliphatic carbocycles. The molecular weight excluding hydrogens is 318 g/mol. The second kappa shape index (κ2) is 7.08. The lowest BCUT2D eigenvalue weighted by Gasteiger charge is -2.19. The fourth-order valence-electron chi connectivity index (χ4n) is 2.34. The van der Waals surface area contributed by atoms with Crippen LogP contribution < -0.4 is 19.7 Å². The van der Waals surface area contributed by atoms with Gasteiger partial charge in [-0.05, 0) is 30.5 Å². The van der Waals surface area contributed by atoms with Gasteiger partial charge in [-0.25, -0.2) is 13.2 Å². The first kappa shape index (κ1) is 17.4. The number of nitrogens with one attached hydrogen (secondary N) is 2. The molecule has 1 heterocycles. The van der Waals surface area contributed by atoms with Crippen molar-refractivity contribution in [1.29, 1.82) is 0 Å². The Bertz CT molecular complexity index is 673. The van der Waals surface area contributed by atoms with E-state index in [0.717, 1.165) is 0 Å². The number of urea groups is 1. The molecular formula is C15H23N3O4S. The van der Waals surface area contributed by atoms with E-state index in [9.17, 15) is 13.2 Å². The maximum Gasteiger partial charge on any atom is 0.319 e. The Kier molecular flexibility index (Phi) is 5.35. The van der Waals surface area contributed by atoms with E-state index in [0.29, 0.717) is 42.6 Å². The number of anilines is 2. The minimum absolute atomic E-state index is 0.149. The number of amides is 2. The van der Waals surface area contributed by atoms with Crippen LogP contribution in [0.3, 0.4) is 0 Å². The third-order valence-corrected chi connectivity index (χ3v) is 5.36. The number of carbonyl (C=O) groups is 1. The Balaban J connectivity index is 2.21. The predicted molar refractivity (Wildman–Crippen MR) is 90.6 cm³/mol. The molecule has 0 saturated carbocycles. The van der Waals surface area contributed by atoms with E-state index in [4.69, 9.17) is 4.74 Å². The summed E-state index contributed by atoms with van der Waals surface area (Å²) in [5.74, 6) is 0.963. The van der Waals surface area contributed by atoms with Crippen LogP contribution in [0.15, 0.2) is 18.2 Å². The van der Waals surface area contributed by atoms with Crippen molar-refractivity contribution in [2.75, 3.05) is 35.6 Å². The van der Waals surface area contributed by atoms with E-state index < -0.39 is 10.0 Å². The topological polar surface area (TPSA) is 87.7 Å². The highest BCUT2D eigenvalue weighted by Crippen LogP contribution is 2.32. The fourth-order valence-corrected chi connectivity index (χ4v) is 3.90. The average molecular weight is 341 g/mol. The normalized spacial score (nSPS) is 16.4. The molecule has 0 aromatic heterocycles. The second-order valence-corrected chi connectivity index (χ2v) is 7.87. The van der Waals surface area contributed by atoms with Crippen LogP contribution in [0.5, 0.6) is 5.75 Å². The number of rotatable bonds is 5. The van der Waals surface area contributed by atoms with Gasteiger partial charge in [-0.2, -0.15) is 0 Å². The molecule has 1 aromatic rings. The van der Waals surface area contributed by atoms with Gasteiger partial charge in [0.1, 0.15) is 5.75 Å². The smallest absolute Gasteiger partial charge is 0.319 e. The van der Waals surface area contributed by atoms with Gasteiger partial charge in [-0.3, -0.25) is 4.31 Å². The Labute approximate surface area is 137 Å². The van der Waals surface area contributed by atoms with Gasteiger partial charge in [0, 0.05) is 13.1 Å². The molecule has 0 bridgehead atoms. The van der Waals surface area contributed by atoms with E-state index in [1.165, 1.54) is 11.4 Å². The van der Waals surface area contributed by atoms with Crippen LogP contribution >= 0.6 is 0 Å². The average Bonchev–Trinajstić information content (AvgIpc) is 2.84. The third kappa shape index (κ3) is 4.28. The number of sulfonamides is 1. The molecule has 8 heteroatoms. The molecule has 0 atom stereocenters. The first-order valence-corrected chi connectivity index (χ1v) is 9.17. The molecule has 128 valence electrons. The van der Waals surface area contributed by atoms with Crippen molar-refractivity contribution < 1.29 is 17.9 Å². The largest absolute Gasteiger partial charge is 0.495 e. The van der Waals surface area contributed by atoms with Crippen LogP contribution in [-0.2, 0) is 10.0 Å². The van der Waals surface area contributed by atoms with Gasteiger partial charge in [0.15, 0.2) is 0 Å². The molecule has 1 saturated heterocycles. The molecule has 1 aliphatic heterocycles.